The number of hydrogen-bond acceptors (Lipinski definition) is 3. The van der Waals surface area contributed by atoms with Crippen molar-refractivity contribution >= 4 is 11.9 Å². The van der Waals surface area contributed by atoms with Crippen molar-refractivity contribution < 1.29 is 14.7 Å². The molecule has 1 amide bonds. The highest BCUT2D eigenvalue weighted by atomic mass is 16.4. The van der Waals surface area contributed by atoms with E-state index >= 15 is 0 Å². The topological polar surface area (TPSA) is 92.4 Å². The minimum atomic E-state index is -0.802. The summed E-state index contributed by atoms with van der Waals surface area (Å²) >= 11 is 0. The normalized spacial score (nSPS) is 14.3. The van der Waals surface area contributed by atoms with Gasteiger partial charge < -0.3 is 16.2 Å². The molecule has 0 saturated carbocycles. The first kappa shape index (κ1) is 13.9. The van der Waals surface area contributed by atoms with E-state index in [4.69, 9.17) is 10.8 Å². The monoisotopic (exact) mass is 216 g/mol. The average molecular weight is 216 g/mol. The Hall–Kier alpha value is -1.10. The van der Waals surface area contributed by atoms with E-state index in [-0.39, 0.29) is 24.2 Å². The molecule has 0 saturated heterocycles. The molecule has 2 unspecified atom stereocenters. The molecule has 0 aliphatic rings. The van der Waals surface area contributed by atoms with Crippen molar-refractivity contribution in [3.8, 4) is 0 Å². The maximum absolute atomic E-state index is 11.3. The number of nitrogens with one attached hydrogen (secondary N) is 1. The highest BCUT2D eigenvalue weighted by Gasteiger charge is 2.12. The van der Waals surface area contributed by atoms with Gasteiger partial charge in [-0.1, -0.05) is 13.8 Å². The number of rotatable bonds is 7. The van der Waals surface area contributed by atoms with Gasteiger partial charge in [0, 0.05) is 25.4 Å². The molecule has 0 aliphatic carbocycles. The molecule has 88 valence electrons. The Morgan fingerprint density at radius 1 is 1.40 bits per heavy atom. The van der Waals surface area contributed by atoms with E-state index in [1.54, 1.807) is 6.92 Å². The summed E-state index contributed by atoms with van der Waals surface area (Å²) in [7, 11) is 0. The Balaban J connectivity index is 3.66. The van der Waals surface area contributed by atoms with Crippen LogP contribution in [0.3, 0.4) is 0 Å². The molecule has 5 nitrogen and oxygen atoms in total. The van der Waals surface area contributed by atoms with Gasteiger partial charge in [0.1, 0.15) is 0 Å². The number of carboxylic acid groups (broad SMARTS) is 1. The average Bonchev–Trinajstić information content (AvgIpc) is 2.21. The summed E-state index contributed by atoms with van der Waals surface area (Å²) in [6.45, 7) is 4.51. The number of aliphatic carboxylic acids is 1. The van der Waals surface area contributed by atoms with Gasteiger partial charge in [-0.2, -0.15) is 0 Å². The first-order valence-corrected chi connectivity index (χ1v) is 5.17. The van der Waals surface area contributed by atoms with Gasteiger partial charge in [0.25, 0.3) is 0 Å². The Labute approximate surface area is 90.0 Å². The van der Waals surface area contributed by atoms with E-state index in [9.17, 15) is 9.59 Å². The molecule has 0 aliphatic heterocycles. The van der Waals surface area contributed by atoms with Gasteiger partial charge in [0.2, 0.25) is 5.91 Å². The van der Waals surface area contributed by atoms with Crippen LogP contribution < -0.4 is 11.1 Å². The molecule has 0 radical (unpaired) electrons. The van der Waals surface area contributed by atoms with E-state index in [0.717, 1.165) is 0 Å². The number of carboxylic acids is 1. The van der Waals surface area contributed by atoms with Gasteiger partial charge in [0.05, 0.1) is 0 Å². The fourth-order valence-corrected chi connectivity index (χ4v) is 1.03. The minimum absolute atomic E-state index is 0.0697. The van der Waals surface area contributed by atoms with Crippen molar-refractivity contribution in [2.24, 2.45) is 17.6 Å². The fraction of sp³-hybridized carbons (Fsp3) is 0.800. The zero-order valence-corrected chi connectivity index (χ0v) is 9.32. The molecule has 5 heteroatoms. The minimum Gasteiger partial charge on any atom is -0.481 e. The Morgan fingerprint density at radius 2 is 2.00 bits per heavy atom. The van der Waals surface area contributed by atoms with Crippen LogP contribution >= 0.6 is 0 Å². The third-order valence-corrected chi connectivity index (χ3v) is 2.28. The largest absolute Gasteiger partial charge is 0.481 e. The second-order valence-corrected chi connectivity index (χ2v) is 3.92. The second kappa shape index (κ2) is 7.23. The molecule has 0 aromatic carbocycles. The zero-order valence-electron chi connectivity index (χ0n) is 9.32. The predicted octanol–water partition coefficient (Wildman–Crippen LogP) is 0.198. The number of hydrogen-bond donors (Lipinski definition) is 3. The summed E-state index contributed by atoms with van der Waals surface area (Å²) in [4.78, 5) is 21.6. The molecule has 0 heterocycles. The highest BCUT2D eigenvalue weighted by molar-refractivity contribution is 5.78. The Bertz CT molecular complexity index is 219. The van der Waals surface area contributed by atoms with Gasteiger partial charge in [-0.05, 0) is 12.3 Å². The van der Waals surface area contributed by atoms with Crippen LogP contribution in [0.25, 0.3) is 0 Å². The molecule has 4 N–H and O–H groups in total. The quantitative estimate of drug-likeness (QED) is 0.566. The summed E-state index contributed by atoms with van der Waals surface area (Å²) in [5.41, 5.74) is 5.34. The summed E-state index contributed by atoms with van der Waals surface area (Å²) in [5, 5.41) is 11.2. The molecule has 2 atom stereocenters. The smallest absolute Gasteiger partial charge is 0.303 e. The lowest BCUT2D eigenvalue weighted by molar-refractivity contribution is -0.137. The third-order valence-electron chi connectivity index (χ3n) is 2.28. The molecule has 0 fully saturated rings. The maximum Gasteiger partial charge on any atom is 0.303 e. The van der Waals surface area contributed by atoms with Gasteiger partial charge >= 0.3 is 5.97 Å². The van der Waals surface area contributed by atoms with Crippen LogP contribution in [0.5, 0.6) is 0 Å². The number of carbonyl (C=O) groups excluding carboxylic acids is 1. The van der Waals surface area contributed by atoms with E-state index in [0.29, 0.717) is 19.5 Å². The predicted molar refractivity (Wildman–Crippen MR) is 57.3 cm³/mol. The first-order valence-electron chi connectivity index (χ1n) is 5.17. The van der Waals surface area contributed by atoms with Crippen molar-refractivity contribution in [2.75, 3.05) is 13.1 Å². The third kappa shape index (κ3) is 6.90. The summed E-state index contributed by atoms with van der Waals surface area (Å²) in [6.07, 6.45) is 0.718. The van der Waals surface area contributed by atoms with Crippen molar-refractivity contribution in [1.82, 2.24) is 5.32 Å². The summed E-state index contributed by atoms with van der Waals surface area (Å²) in [6, 6.07) is 0. The number of nitrogens with two attached hydrogens (primary N) is 1. The first-order chi connectivity index (χ1) is 6.97. The van der Waals surface area contributed by atoms with Crippen molar-refractivity contribution in [3.05, 3.63) is 0 Å². The Morgan fingerprint density at radius 3 is 2.47 bits per heavy atom. The lowest BCUT2D eigenvalue weighted by Gasteiger charge is -2.13. The second-order valence-electron chi connectivity index (χ2n) is 3.92. The molecular formula is C10H20N2O3. The summed E-state index contributed by atoms with van der Waals surface area (Å²) < 4.78 is 0. The van der Waals surface area contributed by atoms with Crippen molar-refractivity contribution in [2.45, 2.75) is 26.7 Å². The fourth-order valence-electron chi connectivity index (χ4n) is 1.03. The SMILES string of the molecule is CC(CCC(=O)O)CNC(=O)C(C)CN. The summed E-state index contributed by atoms with van der Waals surface area (Å²) in [5.74, 6) is -0.880. The van der Waals surface area contributed by atoms with Gasteiger partial charge in [-0.3, -0.25) is 9.59 Å². The van der Waals surface area contributed by atoms with Gasteiger partial charge in [0.15, 0.2) is 0 Å². The number of carbonyl (C=O) groups is 2. The van der Waals surface area contributed by atoms with E-state index in [1.807, 2.05) is 6.92 Å². The van der Waals surface area contributed by atoms with Crippen LogP contribution in [0.4, 0.5) is 0 Å². The van der Waals surface area contributed by atoms with E-state index in [2.05, 4.69) is 5.32 Å². The van der Waals surface area contributed by atoms with Crippen LogP contribution in [0, 0.1) is 11.8 Å². The van der Waals surface area contributed by atoms with Gasteiger partial charge in [-0.25, -0.2) is 0 Å². The van der Waals surface area contributed by atoms with Crippen molar-refractivity contribution in [1.29, 1.82) is 0 Å². The Kier molecular flexibility index (Phi) is 6.70. The van der Waals surface area contributed by atoms with Crippen molar-refractivity contribution in [3.63, 3.8) is 0 Å². The van der Waals surface area contributed by atoms with Crippen LogP contribution in [0.1, 0.15) is 26.7 Å². The molecule has 0 rings (SSSR count). The molecule has 15 heavy (non-hydrogen) atoms. The zero-order chi connectivity index (χ0) is 11.8. The standard InChI is InChI=1S/C10H20N2O3/c1-7(3-4-9(13)14)6-12-10(15)8(2)5-11/h7-8H,3-6,11H2,1-2H3,(H,12,15)(H,13,14). The molecule has 0 spiro atoms. The highest BCUT2D eigenvalue weighted by Crippen LogP contribution is 2.04. The lowest BCUT2D eigenvalue weighted by Crippen LogP contribution is -2.35. The molecule has 0 aromatic heterocycles. The molecular weight excluding hydrogens is 196 g/mol. The lowest BCUT2D eigenvalue weighted by atomic mass is 10.1. The van der Waals surface area contributed by atoms with Gasteiger partial charge in [-0.15, -0.1) is 0 Å². The molecule has 0 bridgehead atoms. The van der Waals surface area contributed by atoms with Crippen LogP contribution in [0.2, 0.25) is 0 Å². The van der Waals surface area contributed by atoms with Crippen LogP contribution in [0.15, 0.2) is 0 Å². The van der Waals surface area contributed by atoms with E-state index in [1.165, 1.54) is 0 Å². The maximum atomic E-state index is 11.3. The molecule has 0 aromatic rings. The van der Waals surface area contributed by atoms with E-state index < -0.39 is 5.97 Å². The van der Waals surface area contributed by atoms with Crippen LogP contribution in [-0.2, 0) is 9.59 Å². The van der Waals surface area contributed by atoms with Crippen LogP contribution in [-0.4, -0.2) is 30.1 Å². The number of amides is 1.